The van der Waals surface area contributed by atoms with Crippen LogP contribution >= 0.6 is 0 Å². The van der Waals surface area contributed by atoms with Crippen LogP contribution in [0.5, 0.6) is 0 Å². The lowest BCUT2D eigenvalue weighted by Gasteiger charge is -2.32. The molecule has 0 aromatic rings. The minimum Gasteiger partial charge on any atom is -0.299 e. The standard InChI is InChI=1S/C10H16O/c1-9(2)7-4-5-10(9,3)8(11)6-7/h7H,4-6H2,1-3H3/i3D3. The molecule has 2 aliphatic rings. The van der Waals surface area contributed by atoms with E-state index in [0.29, 0.717) is 12.8 Å². The third-order valence-corrected chi connectivity index (χ3v) is 3.90. The van der Waals surface area contributed by atoms with Crippen LogP contribution in [0, 0.1) is 16.7 Å². The number of hydrogen-bond acceptors (Lipinski definition) is 1. The number of fused-ring (bicyclic) bond motifs is 2. The number of ketones is 1. The molecule has 11 heavy (non-hydrogen) atoms. The maximum atomic E-state index is 11.9. The molecule has 0 N–H and O–H groups in total. The maximum absolute atomic E-state index is 11.9. The highest BCUT2D eigenvalue weighted by atomic mass is 16.1. The second-order valence-corrected chi connectivity index (χ2v) is 4.49. The van der Waals surface area contributed by atoms with Gasteiger partial charge < -0.3 is 0 Å². The fourth-order valence-electron chi connectivity index (χ4n) is 2.68. The summed E-state index contributed by atoms with van der Waals surface area (Å²) in [6, 6.07) is 0. The van der Waals surface area contributed by atoms with Crippen molar-refractivity contribution in [3.63, 3.8) is 0 Å². The van der Waals surface area contributed by atoms with Crippen molar-refractivity contribution in [3.8, 4) is 0 Å². The molecule has 2 unspecified atom stereocenters. The van der Waals surface area contributed by atoms with E-state index in [1.165, 1.54) is 0 Å². The van der Waals surface area contributed by atoms with Crippen molar-refractivity contribution in [2.45, 2.75) is 40.0 Å². The van der Waals surface area contributed by atoms with Crippen LogP contribution in [0.1, 0.15) is 44.1 Å². The molecule has 1 heteroatoms. The third-order valence-electron chi connectivity index (χ3n) is 3.90. The summed E-state index contributed by atoms with van der Waals surface area (Å²) in [5.41, 5.74) is -1.38. The van der Waals surface area contributed by atoms with E-state index in [9.17, 15) is 4.79 Å². The zero-order chi connectivity index (χ0) is 10.8. The van der Waals surface area contributed by atoms with E-state index in [1.54, 1.807) is 0 Å². The molecule has 2 fully saturated rings. The quantitative estimate of drug-likeness (QED) is 0.525. The van der Waals surface area contributed by atoms with Crippen molar-refractivity contribution in [2.75, 3.05) is 0 Å². The Labute approximate surface area is 72.4 Å². The van der Waals surface area contributed by atoms with E-state index >= 15 is 0 Å². The van der Waals surface area contributed by atoms with Crippen molar-refractivity contribution in [1.82, 2.24) is 0 Å². The second-order valence-electron chi connectivity index (χ2n) is 4.49. The predicted octanol–water partition coefficient (Wildman–Crippen LogP) is 2.40. The first-order valence-electron chi connectivity index (χ1n) is 5.77. The fraction of sp³-hybridized carbons (Fsp3) is 0.900. The number of carbonyl (C=O) groups is 1. The lowest BCUT2D eigenvalue weighted by atomic mass is 9.70. The summed E-state index contributed by atoms with van der Waals surface area (Å²) >= 11 is 0. The maximum Gasteiger partial charge on any atom is 0.139 e. The Hall–Kier alpha value is -0.330. The van der Waals surface area contributed by atoms with E-state index in [0.717, 1.165) is 6.42 Å². The van der Waals surface area contributed by atoms with Crippen LogP contribution in [0.4, 0.5) is 0 Å². The largest absolute Gasteiger partial charge is 0.299 e. The molecule has 0 aromatic carbocycles. The van der Waals surface area contributed by atoms with Gasteiger partial charge in [-0.1, -0.05) is 20.7 Å². The average Bonchev–Trinajstić information content (AvgIpc) is 2.34. The molecule has 2 saturated carbocycles. The highest BCUT2D eigenvalue weighted by molar-refractivity contribution is 5.89. The first-order valence-corrected chi connectivity index (χ1v) is 4.27. The Morgan fingerprint density at radius 3 is 2.64 bits per heavy atom. The van der Waals surface area contributed by atoms with Gasteiger partial charge in [0.1, 0.15) is 5.78 Å². The second kappa shape index (κ2) is 1.70. The topological polar surface area (TPSA) is 17.1 Å². The molecule has 0 spiro atoms. The van der Waals surface area contributed by atoms with Crippen molar-refractivity contribution in [3.05, 3.63) is 0 Å². The molecule has 2 aliphatic carbocycles. The average molecular weight is 155 g/mol. The van der Waals surface area contributed by atoms with Gasteiger partial charge in [-0.15, -0.1) is 0 Å². The van der Waals surface area contributed by atoms with Crippen LogP contribution in [0.3, 0.4) is 0 Å². The predicted molar refractivity (Wildman–Crippen MR) is 44.2 cm³/mol. The van der Waals surface area contributed by atoms with Crippen LogP contribution in [-0.4, -0.2) is 5.78 Å². The highest BCUT2D eigenvalue weighted by Crippen LogP contribution is 2.63. The fourth-order valence-corrected chi connectivity index (χ4v) is 2.68. The molecule has 62 valence electrons. The van der Waals surface area contributed by atoms with E-state index in [1.807, 2.05) is 13.8 Å². The van der Waals surface area contributed by atoms with Gasteiger partial charge in [0.05, 0.1) is 0 Å². The zero-order valence-electron chi connectivity index (χ0n) is 10.1. The summed E-state index contributed by atoms with van der Waals surface area (Å²) in [7, 11) is 0. The molecule has 2 rings (SSSR count). The van der Waals surface area contributed by atoms with Crippen molar-refractivity contribution >= 4 is 5.78 Å². The SMILES string of the molecule is [2H]C([2H])([2H])C12CCC(CC1=O)C2(C)C. The van der Waals surface area contributed by atoms with Gasteiger partial charge in [-0.3, -0.25) is 4.79 Å². The summed E-state index contributed by atoms with van der Waals surface area (Å²) in [5, 5.41) is 0. The van der Waals surface area contributed by atoms with Crippen molar-refractivity contribution < 1.29 is 8.91 Å². The Balaban J connectivity index is 2.56. The van der Waals surface area contributed by atoms with Crippen LogP contribution in [0.25, 0.3) is 0 Å². The summed E-state index contributed by atoms with van der Waals surface area (Å²) in [5.74, 6) is 0.258. The minimum absolute atomic E-state index is 0.0289. The van der Waals surface area contributed by atoms with Crippen molar-refractivity contribution in [2.24, 2.45) is 16.7 Å². The van der Waals surface area contributed by atoms with Gasteiger partial charge in [0.2, 0.25) is 0 Å². The number of carbonyl (C=O) groups excluding carboxylic acids is 1. The molecule has 0 aromatic heterocycles. The number of hydrogen-bond donors (Lipinski definition) is 0. The van der Waals surface area contributed by atoms with Crippen LogP contribution in [-0.2, 0) is 4.79 Å². The van der Waals surface area contributed by atoms with Gasteiger partial charge in [0.25, 0.3) is 0 Å². The molecule has 0 aliphatic heterocycles. The third kappa shape index (κ3) is 0.605. The Kier molecular flexibility index (Phi) is 0.717. The summed E-state index contributed by atoms with van der Waals surface area (Å²) < 4.78 is 22.8. The Morgan fingerprint density at radius 2 is 2.36 bits per heavy atom. The molecule has 0 radical (unpaired) electrons. The molecule has 0 heterocycles. The van der Waals surface area contributed by atoms with E-state index in [2.05, 4.69) is 0 Å². The molecule has 2 atom stereocenters. The van der Waals surface area contributed by atoms with Crippen molar-refractivity contribution in [1.29, 1.82) is 0 Å². The van der Waals surface area contributed by atoms with Gasteiger partial charge in [-0.25, -0.2) is 0 Å². The molecule has 2 bridgehead atoms. The number of Topliss-reactive ketones (excluding diaryl/α,β-unsaturated/α-hetero) is 1. The summed E-state index contributed by atoms with van der Waals surface area (Å²) in [6.07, 6.45) is 1.93. The first kappa shape index (κ1) is 4.64. The molecule has 1 nitrogen and oxygen atoms in total. The van der Waals surface area contributed by atoms with Crippen LogP contribution in [0.2, 0.25) is 0 Å². The van der Waals surface area contributed by atoms with E-state index in [-0.39, 0.29) is 17.1 Å². The molecule has 0 saturated heterocycles. The normalized spacial score (nSPS) is 52.0. The van der Waals surface area contributed by atoms with Gasteiger partial charge in [-0.05, 0) is 24.2 Å². The zero-order valence-corrected chi connectivity index (χ0v) is 7.11. The summed E-state index contributed by atoms with van der Waals surface area (Å²) in [4.78, 5) is 11.9. The van der Waals surface area contributed by atoms with E-state index < -0.39 is 12.3 Å². The monoisotopic (exact) mass is 155 g/mol. The minimum atomic E-state index is -2.13. The lowest BCUT2D eigenvalue weighted by Crippen LogP contribution is -2.32. The van der Waals surface area contributed by atoms with Crippen LogP contribution < -0.4 is 0 Å². The number of rotatable bonds is 0. The van der Waals surface area contributed by atoms with E-state index in [4.69, 9.17) is 4.11 Å². The van der Waals surface area contributed by atoms with Gasteiger partial charge >= 0.3 is 0 Å². The van der Waals surface area contributed by atoms with Gasteiger partial charge in [0.15, 0.2) is 0 Å². The van der Waals surface area contributed by atoms with Gasteiger partial charge in [-0.2, -0.15) is 0 Å². The van der Waals surface area contributed by atoms with Gasteiger partial charge in [0, 0.05) is 15.9 Å². The lowest BCUT2D eigenvalue weighted by molar-refractivity contribution is -0.128. The first-order chi connectivity index (χ1) is 6.23. The molecular formula is C10H16O. The molecular weight excluding hydrogens is 136 g/mol. The highest BCUT2D eigenvalue weighted by Gasteiger charge is 2.61. The summed E-state index contributed by atoms with van der Waals surface area (Å²) in [6.45, 7) is 1.77. The Morgan fingerprint density at radius 1 is 1.64 bits per heavy atom. The Bertz CT molecular complexity index is 292. The smallest absolute Gasteiger partial charge is 0.139 e. The molecule has 0 amide bonds. The van der Waals surface area contributed by atoms with Crippen LogP contribution in [0.15, 0.2) is 0 Å².